The minimum Gasteiger partial charge on any atom is -0.488 e. The Balaban J connectivity index is 1.67. The first-order valence-corrected chi connectivity index (χ1v) is 9.72. The molecule has 2 heterocycles. The number of halogens is 3. The summed E-state index contributed by atoms with van der Waals surface area (Å²) in [7, 11) is 0. The molecular weight excluding hydrogens is 419 g/mol. The quantitative estimate of drug-likeness (QED) is 0.429. The summed E-state index contributed by atoms with van der Waals surface area (Å²) in [5.74, 6) is -0.334. The average Bonchev–Trinajstić information content (AvgIpc) is 2.78. The van der Waals surface area contributed by atoms with Gasteiger partial charge >= 0.3 is 6.18 Å². The van der Waals surface area contributed by atoms with Gasteiger partial charge in [-0.2, -0.15) is 13.2 Å². The number of carbonyl (C=O) groups is 1. The van der Waals surface area contributed by atoms with Crippen molar-refractivity contribution in [3.63, 3.8) is 0 Å². The Kier molecular flexibility index (Phi) is 5.77. The minimum atomic E-state index is -4.68. The van der Waals surface area contributed by atoms with Gasteiger partial charge in [-0.15, -0.1) is 0 Å². The van der Waals surface area contributed by atoms with Crippen molar-refractivity contribution in [3.05, 3.63) is 95.4 Å². The molecule has 2 aromatic carbocycles. The Labute approximate surface area is 181 Å². The fraction of sp³-hybridized carbons (Fsp3) is 0.125. The van der Waals surface area contributed by atoms with Crippen molar-refractivity contribution < 1.29 is 22.7 Å². The number of pyridine rings is 2. The molecule has 5 nitrogen and oxygen atoms in total. The highest BCUT2D eigenvalue weighted by atomic mass is 19.4. The summed E-state index contributed by atoms with van der Waals surface area (Å²) < 4.78 is 45.9. The third-order valence-corrected chi connectivity index (χ3v) is 4.87. The van der Waals surface area contributed by atoms with Crippen LogP contribution in [0.15, 0.2) is 73.2 Å². The zero-order valence-electron chi connectivity index (χ0n) is 17.0. The molecule has 0 bridgehead atoms. The van der Waals surface area contributed by atoms with Crippen molar-refractivity contribution in [2.75, 3.05) is 5.32 Å². The van der Waals surface area contributed by atoms with Crippen molar-refractivity contribution in [3.8, 4) is 5.75 Å². The molecule has 0 aliphatic rings. The lowest BCUT2D eigenvalue weighted by Crippen LogP contribution is -2.19. The number of benzene rings is 2. The topological polar surface area (TPSA) is 64.1 Å². The predicted molar refractivity (Wildman–Crippen MR) is 114 cm³/mol. The molecule has 1 N–H and O–H groups in total. The lowest BCUT2D eigenvalue weighted by Gasteiger charge is -2.15. The Hall–Kier alpha value is -3.94. The van der Waals surface area contributed by atoms with Crippen LogP contribution in [0.4, 0.5) is 18.9 Å². The van der Waals surface area contributed by atoms with E-state index < -0.39 is 23.2 Å². The molecule has 2 aromatic heterocycles. The highest BCUT2D eigenvalue weighted by molar-refractivity contribution is 6.09. The summed E-state index contributed by atoms with van der Waals surface area (Å²) in [6.07, 6.45) is -1.18. The van der Waals surface area contributed by atoms with Crippen LogP contribution in [-0.4, -0.2) is 15.9 Å². The van der Waals surface area contributed by atoms with Gasteiger partial charge in [-0.3, -0.25) is 14.8 Å². The van der Waals surface area contributed by atoms with Crippen molar-refractivity contribution in [1.29, 1.82) is 0 Å². The third-order valence-electron chi connectivity index (χ3n) is 4.87. The number of carbonyl (C=O) groups excluding carboxylic acids is 1. The van der Waals surface area contributed by atoms with Crippen LogP contribution in [0, 0.1) is 6.92 Å². The van der Waals surface area contributed by atoms with Crippen LogP contribution < -0.4 is 10.1 Å². The number of fused-ring (bicyclic) bond motifs is 1. The number of alkyl halides is 3. The van der Waals surface area contributed by atoms with Crippen LogP contribution in [0.3, 0.4) is 0 Å². The van der Waals surface area contributed by atoms with E-state index in [4.69, 9.17) is 4.74 Å². The molecule has 162 valence electrons. The Morgan fingerprint density at radius 3 is 2.56 bits per heavy atom. The van der Waals surface area contributed by atoms with E-state index >= 15 is 0 Å². The number of para-hydroxylation sites is 1. The fourth-order valence-corrected chi connectivity index (χ4v) is 3.33. The summed E-state index contributed by atoms with van der Waals surface area (Å²) in [4.78, 5) is 20.7. The van der Waals surface area contributed by atoms with E-state index in [1.54, 1.807) is 24.4 Å². The van der Waals surface area contributed by atoms with Gasteiger partial charge in [0.05, 0.1) is 22.3 Å². The van der Waals surface area contributed by atoms with Crippen LogP contribution in [0.25, 0.3) is 10.9 Å². The number of anilines is 1. The van der Waals surface area contributed by atoms with Crippen LogP contribution in [-0.2, 0) is 12.8 Å². The van der Waals surface area contributed by atoms with E-state index in [1.807, 2.05) is 37.3 Å². The first-order valence-electron chi connectivity index (χ1n) is 9.72. The number of rotatable bonds is 5. The van der Waals surface area contributed by atoms with E-state index in [0.29, 0.717) is 23.3 Å². The lowest BCUT2D eigenvalue weighted by atomic mass is 10.1. The number of hydrogen-bond donors (Lipinski definition) is 1. The molecule has 0 radical (unpaired) electrons. The SMILES string of the molecule is Cc1cnc2c(NC(=O)c3cnccc3C(F)(F)F)cccc2c1OCc1ccccc1. The number of nitrogens with one attached hydrogen (secondary N) is 1. The maximum absolute atomic E-state index is 13.3. The zero-order chi connectivity index (χ0) is 22.7. The van der Waals surface area contributed by atoms with Gasteiger partial charge in [-0.1, -0.05) is 36.4 Å². The van der Waals surface area contributed by atoms with Crippen molar-refractivity contribution in [2.24, 2.45) is 0 Å². The Morgan fingerprint density at radius 2 is 1.81 bits per heavy atom. The fourth-order valence-electron chi connectivity index (χ4n) is 3.33. The average molecular weight is 437 g/mol. The molecule has 8 heteroatoms. The molecule has 1 amide bonds. The Morgan fingerprint density at radius 1 is 1.03 bits per heavy atom. The van der Waals surface area contributed by atoms with Crippen LogP contribution in [0.1, 0.15) is 27.0 Å². The number of nitrogens with zero attached hydrogens (tertiary/aromatic N) is 2. The number of aryl methyl sites for hydroxylation is 1. The predicted octanol–water partition coefficient (Wildman–Crippen LogP) is 5.79. The lowest BCUT2D eigenvalue weighted by molar-refractivity contribution is -0.138. The number of aromatic nitrogens is 2. The summed E-state index contributed by atoms with van der Waals surface area (Å²) >= 11 is 0. The molecule has 4 aromatic rings. The van der Waals surface area contributed by atoms with Crippen LogP contribution >= 0.6 is 0 Å². The van der Waals surface area contributed by atoms with Gasteiger partial charge in [0.25, 0.3) is 5.91 Å². The highest BCUT2D eigenvalue weighted by Crippen LogP contribution is 2.34. The second-order valence-corrected chi connectivity index (χ2v) is 7.12. The number of ether oxygens (including phenoxy) is 1. The van der Waals surface area contributed by atoms with Gasteiger partial charge in [0, 0.05) is 29.5 Å². The zero-order valence-corrected chi connectivity index (χ0v) is 17.0. The first-order chi connectivity index (χ1) is 15.3. The molecule has 32 heavy (non-hydrogen) atoms. The molecule has 0 unspecified atom stereocenters. The molecule has 0 atom stereocenters. The summed E-state index contributed by atoms with van der Waals surface area (Å²) in [5.41, 5.74) is 0.840. The third kappa shape index (κ3) is 4.39. The maximum atomic E-state index is 13.3. The molecule has 4 rings (SSSR count). The monoisotopic (exact) mass is 437 g/mol. The van der Waals surface area contributed by atoms with Crippen molar-refractivity contribution >= 4 is 22.5 Å². The second kappa shape index (κ2) is 8.66. The smallest absolute Gasteiger partial charge is 0.417 e. The van der Waals surface area contributed by atoms with Gasteiger partial charge in [-0.05, 0) is 30.7 Å². The van der Waals surface area contributed by atoms with Gasteiger partial charge < -0.3 is 10.1 Å². The van der Waals surface area contributed by atoms with Crippen LogP contribution in [0.5, 0.6) is 5.75 Å². The van der Waals surface area contributed by atoms with Gasteiger partial charge in [0.15, 0.2) is 0 Å². The van der Waals surface area contributed by atoms with Crippen LogP contribution in [0.2, 0.25) is 0 Å². The van der Waals surface area contributed by atoms with Gasteiger partial charge in [-0.25, -0.2) is 0 Å². The summed E-state index contributed by atoms with van der Waals surface area (Å²) in [5, 5.41) is 3.18. The van der Waals surface area contributed by atoms with Gasteiger partial charge in [0.1, 0.15) is 12.4 Å². The van der Waals surface area contributed by atoms with Crippen molar-refractivity contribution in [2.45, 2.75) is 19.7 Å². The molecule has 0 fully saturated rings. The Bertz CT molecular complexity index is 1270. The standard InChI is InChI=1S/C24H18F3N3O2/c1-15-12-29-21-17(22(15)32-14-16-6-3-2-4-7-16)8-5-9-20(21)30-23(31)18-13-28-11-10-19(18)24(25,26)27/h2-13H,14H2,1H3,(H,30,31). The number of hydrogen-bond acceptors (Lipinski definition) is 4. The van der Waals surface area contributed by atoms with E-state index in [0.717, 1.165) is 29.6 Å². The van der Waals surface area contributed by atoms with E-state index in [-0.39, 0.29) is 5.69 Å². The summed E-state index contributed by atoms with van der Waals surface area (Å²) in [6, 6.07) is 15.4. The molecule has 0 aliphatic heterocycles. The highest BCUT2D eigenvalue weighted by Gasteiger charge is 2.35. The largest absolute Gasteiger partial charge is 0.488 e. The molecular formula is C24H18F3N3O2. The summed E-state index contributed by atoms with van der Waals surface area (Å²) in [6.45, 7) is 2.19. The minimum absolute atomic E-state index is 0.272. The first kappa shape index (κ1) is 21.3. The maximum Gasteiger partial charge on any atom is 0.417 e. The molecule has 0 spiro atoms. The van der Waals surface area contributed by atoms with Gasteiger partial charge in [0.2, 0.25) is 0 Å². The van der Waals surface area contributed by atoms with E-state index in [1.165, 1.54) is 0 Å². The van der Waals surface area contributed by atoms with E-state index in [9.17, 15) is 18.0 Å². The van der Waals surface area contributed by atoms with Crippen molar-refractivity contribution in [1.82, 2.24) is 9.97 Å². The molecule has 0 saturated carbocycles. The molecule has 0 aliphatic carbocycles. The number of amides is 1. The molecule has 0 saturated heterocycles. The van der Waals surface area contributed by atoms with E-state index in [2.05, 4.69) is 15.3 Å². The normalized spacial score (nSPS) is 11.4. The second-order valence-electron chi connectivity index (χ2n) is 7.12.